The Hall–Kier alpha value is -4.66. The Morgan fingerprint density at radius 2 is 1.62 bits per heavy atom. The summed E-state index contributed by atoms with van der Waals surface area (Å²) in [5, 5.41) is 11.5. The number of carbonyl (C=O) groups excluding carboxylic acids is 3. The van der Waals surface area contributed by atoms with Crippen LogP contribution in [0.2, 0.25) is 0 Å². The largest absolute Gasteiger partial charge is 0.506 e. The number of Topliss-reactive ketones (excluding diaryl/α,β-unsaturated/α-hetero) is 1. The number of pyridine rings is 1. The highest BCUT2D eigenvalue weighted by Gasteiger charge is 2.47. The molecule has 1 N–H and O–H groups in total. The summed E-state index contributed by atoms with van der Waals surface area (Å²) in [6.07, 6.45) is 2.79. The zero-order valence-electron chi connectivity index (χ0n) is 20.8. The molecule has 1 aliphatic rings. The minimum atomic E-state index is -1.00. The Balaban J connectivity index is 1.89. The SMILES string of the molecule is COc1cccc(OC)c1/C(O)=C1\C(=O)C(=O)N(c2ccc(C(=O)OC(C)C)cc2)C1c1cccnc1. The Labute approximate surface area is 213 Å². The molecule has 2 heterocycles. The van der Waals surface area contributed by atoms with E-state index in [1.54, 1.807) is 62.5 Å². The fraction of sp³-hybridized carbons (Fsp3) is 0.214. The molecule has 1 saturated heterocycles. The van der Waals surface area contributed by atoms with Gasteiger partial charge >= 0.3 is 5.97 Å². The molecular weight excluding hydrogens is 476 g/mol. The predicted octanol–water partition coefficient (Wildman–Crippen LogP) is 4.29. The number of hydrogen-bond acceptors (Lipinski definition) is 8. The number of aliphatic hydroxyl groups is 1. The lowest BCUT2D eigenvalue weighted by atomic mass is 9.95. The van der Waals surface area contributed by atoms with E-state index in [0.717, 1.165) is 0 Å². The third kappa shape index (κ3) is 4.75. The van der Waals surface area contributed by atoms with Gasteiger partial charge in [0, 0.05) is 18.1 Å². The molecule has 1 fully saturated rings. The fourth-order valence-corrected chi connectivity index (χ4v) is 4.21. The normalized spacial score (nSPS) is 16.7. The van der Waals surface area contributed by atoms with Crippen molar-refractivity contribution in [3.63, 3.8) is 0 Å². The number of ether oxygens (including phenoxy) is 3. The maximum absolute atomic E-state index is 13.4. The van der Waals surface area contributed by atoms with Crippen LogP contribution in [0.5, 0.6) is 11.5 Å². The van der Waals surface area contributed by atoms with Crippen molar-refractivity contribution in [2.24, 2.45) is 0 Å². The minimum absolute atomic E-state index is 0.145. The summed E-state index contributed by atoms with van der Waals surface area (Å²) >= 11 is 0. The second-order valence-corrected chi connectivity index (χ2v) is 8.49. The molecule has 37 heavy (non-hydrogen) atoms. The average molecular weight is 503 g/mol. The number of ketones is 1. The Bertz CT molecular complexity index is 1340. The van der Waals surface area contributed by atoms with Crippen LogP contribution in [-0.2, 0) is 14.3 Å². The van der Waals surface area contributed by atoms with Gasteiger partial charge in [-0.3, -0.25) is 19.5 Å². The summed E-state index contributed by atoms with van der Waals surface area (Å²) in [7, 11) is 2.85. The van der Waals surface area contributed by atoms with Crippen molar-refractivity contribution in [3.05, 3.63) is 89.3 Å². The molecule has 1 unspecified atom stereocenters. The van der Waals surface area contributed by atoms with E-state index in [0.29, 0.717) is 16.8 Å². The predicted molar refractivity (Wildman–Crippen MR) is 136 cm³/mol. The van der Waals surface area contributed by atoms with Gasteiger partial charge in [-0.15, -0.1) is 0 Å². The molecule has 9 nitrogen and oxygen atoms in total. The van der Waals surface area contributed by atoms with Crippen molar-refractivity contribution >= 4 is 29.1 Å². The lowest BCUT2D eigenvalue weighted by Crippen LogP contribution is -2.29. The number of aromatic nitrogens is 1. The smallest absolute Gasteiger partial charge is 0.338 e. The van der Waals surface area contributed by atoms with Gasteiger partial charge < -0.3 is 19.3 Å². The van der Waals surface area contributed by atoms with E-state index in [2.05, 4.69) is 4.98 Å². The zero-order valence-corrected chi connectivity index (χ0v) is 20.8. The fourth-order valence-electron chi connectivity index (χ4n) is 4.21. The van der Waals surface area contributed by atoms with Gasteiger partial charge in [0.05, 0.1) is 37.5 Å². The topological polar surface area (TPSA) is 115 Å². The highest BCUT2D eigenvalue weighted by atomic mass is 16.5. The number of nitrogens with zero attached hydrogens (tertiary/aromatic N) is 2. The second-order valence-electron chi connectivity index (χ2n) is 8.49. The lowest BCUT2D eigenvalue weighted by Gasteiger charge is -2.25. The third-order valence-corrected chi connectivity index (χ3v) is 5.83. The van der Waals surface area contributed by atoms with Crippen LogP contribution >= 0.6 is 0 Å². The summed E-state index contributed by atoms with van der Waals surface area (Å²) < 4.78 is 16.0. The molecule has 1 atom stereocenters. The first-order chi connectivity index (χ1) is 17.8. The van der Waals surface area contributed by atoms with Crippen molar-refractivity contribution in [1.29, 1.82) is 0 Å². The molecule has 1 amide bonds. The van der Waals surface area contributed by atoms with E-state index in [1.165, 1.54) is 37.4 Å². The molecule has 0 saturated carbocycles. The molecular formula is C28H26N2O7. The van der Waals surface area contributed by atoms with E-state index in [4.69, 9.17) is 14.2 Å². The zero-order chi connectivity index (χ0) is 26.7. The average Bonchev–Trinajstić information content (AvgIpc) is 3.18. The standard InChI is InChI=1S/C28H26N2O7/c1-16(2)37-28(34)17-10-12-19(13-11-17)30-24(18-7-6-14-29-15-18)23(26(32)27(30)33)25(31)22-20(35-3)8-5-9-21(22)36-4/h5-16,24,31H,1-4H3/b25-23+. The first kappa shape index (κ1) is 25.4. The van der Waals surface area contributed by atoms with Crippen LogP contribution in [0, 0.1) is 0 Å². The van der Waals surface area contributed by atoms with Crippen LogP contribution < -0.4 is 14.4 Å². The Morgan fingerprint density at radius 3 is 2.16 bits per heavy atom. The molecule has 2 aromatic carbocycles. The van der Waals surface area contributed by atoms with E-state index < -0.39 is 29.5 Å². The molecule has 0 bridgehead atoms. The summed E-state index contributed by atoms with van der Waals surface area (Å²) in [4.78, 5) is 44.5. The van der Waals surface area contributed by atoms with Gasteiger partial charge in [0.15, 0.2) is 0 Å². The number of benzene rings is 2. The minimum Gasteiger partial charge on any atom is -0.506 e. The monoisotopic (exact) mass is 502 g/mol. The van der Waals surface area contributed by atoms with Gasteiger partial charge in [-0.1, -0.05) is 12.1 Å². The molecule has 1 aromatic heterocycles. The Kier molecular flexibility index (Phi) is 7.24. The van der Waals surface area contributed by atoms with E-state index in [-0.39, 0.29) is 28.7 Å². The molecule has 1 aliphatic heterocycles. The molecule has 190 valence electrons. The van der Waals surface area contributed by atoms with Crippen LogP contribution in [0.3, 0.4) is 0 Å². The lowest BCUT2D eigenvalue weighted by molar-refractivity contribution is -0.132. The number of aliphatic hydroxyl groups excluding tert-OH is 1. The first-order valence-electron chi connectivity index (χ1n) is 11.5. The maximum atomic E-state index is 13.4. The number of rotatable bonds is 7. The number of carbonyl (C=O) groups is 3. The van der Waals surface area contributed by atoms with E-state index in [9.17, 15) is 19.5 Å². The third-order valence-electron chi connectivity index (χ3n) is 5.83. The highest BCUT2D eigenvalue weighted by Crippen LogP contribution is 2.44. The van der Waals surface area contributed by atoms with Crippen LogP contribution in [0.25, 0.3) is 5.76 Å². The van der Waals surface area contributed by atoms with Crippen LogP contribution in [0.4, 0.5) is 5.69 Å². The Morgan fingerprint density at radius 1 is 0.973 bits per heavy atom. The molecule has 0 spiro atoms. The van der Waals surface area contributed by atoms with Gasteiger partial charge in [0.25, 0.3) is 11.7 Å². The molecule has 0 radical (unpaired) electrons. The maximum Gasteiger partial charge on any atom is 0.338 e. The summed E-state index contributed by atoms with van der Waals surface area (Å²) in [5.41, 5.74) is 1.14. The number of hydrogen-bond donors (Lipinski definition) is 1. The van der Waals surface area contributed by atoms with Crippen LogP contribution in [-0.4, -0.2) is 48.1 Å². The molecule has 4 rings (SSSR count). The number of amides is 1. The van der Waals surface area contributed by atoms with Crippen molar-refractivity contribution in [3.8, 4) is 11.5 Å². The highest BCUT2D eigenvalue weighted by molar-refractivity contribution is 6.51. The molecule has 3 aromatic rings. The van der Waals surface area contributed by atoms with E-state index in [1.807, 2.05) is 0 Å². The van der Waals surface area contributed by atoms with E-state index >= 15 is 0 Å². The van der Waals surface area contributed by atoms with Crippen LogP contribution in [0.15, 0.2) is 72.6 Å². The summed E-state index contributed by atoms with van der Waals surface area (Å²) in [6, 6.07) is 13.4. The quantitative estimate of drug-likeness (QED) is 0.220. The van der Waals surface area contributed by atoms with Crippen molar-refractivity contribution in [2.75, 3.05) is 19.1 Å². The summed E-state index contributed by atoms with van der Waals surface area (Å²) in [6.45, 7) is 3.49. The van der Waals surface area contributed by atoms with Crippen LogP contribution in [0.1, 0.15) is 41.4 Å². The van der Waals surface area contributed by atoms with Crippen molar-refractivity contribution in [2.45, 2.75) is 26.0 Å². The molecule has 0 aliphatic carbocycles. The van der Waals surface area contributed by atoms with Crippen molar-refractivity contribution in [1.82, 2.24) is 4.98 Å². The van der Waals surface area contributed by atoms with Gasteiger partial charge in [-0.2, -0.15) is 0 Å². The van der Waals surface area contributed by atoms with Crippen molar-refractivity contribution < 1.29 is 33.7 Å². The second kappa shape index (κ2) is 10.5. The van der Waals surface area contributed by atoms with Gasteiger partial charge in [-0.25, -0.2) is 4.79 Å². The number of esters is 1. The number of methoxy groups -OCH3 is 2. The first-order valence-corrected chi connectivity index (χ1v) is 11.5. The number of anilines is 1. The summed E-state index contributed by atoms with van der Waals surface area (Å²) in [5.74, 6) is -2.15. The van der Waals surface area contributed by atoms with Gasteiger partial charge in [0.1, 0.15) is 22.8 Å². The van der Waals surface area contributed by atoms with Gasteiger partial charge in [0.2, 0.25) is 0 Å². The van der Waals surface area contributed by atoms with Gasteiger partial charge in [-0.05, 0) is 61.9 Å². The molecule has 9 heteroatoms.